The Morgan fingerprint density at radius 1 is 0.267 bits per heavy atom. The lowest BCUT2D eigenvalue weighted by atomic mass is 9.70. The topological polar surface area (TPSA) is 6.48 Å². The van der Waals surface area contributed by atoms with Gasteiger partial charge < -0.3 is 9.80 Å². The van der Waals surface area contributed by atoms with Crippen LogP contribution in [0.15, 0.2) is 170 Å². The van der Waals surface area contributed by atoms with Crippen LogP contribution in [0.5, 0.6) is 0 Å². The quantitative estimate of drug-likeness (QED) is 0.0378. The van der Waals surface area contributed by atoms with Gasteiger partial charge in [0.1, 0.15) is 0 Å². The zero-order valence-electron chi connectivity index (χ0n) is 54.9. The molecule has 0 amide bonds. The van der Waals surface area contributed by atoms with Crippen molar-refractivity contribution >= 4 is 33.5 Å². The maximum atomic E-state index is 2.58. The Labute approximate surface area is 523 Å². The van der Waals surface area contributed by atoms with E-state index in [0.717, 1.165) is 0 Å². The largest absolute Gasteiger partial charge is 0.345 e. The molecule has 0 aliphatic heterocycles. The van der Waals surface area contributed by atoms with Crippen molar-refractivity contribution in [2.75, 3.05) is 23.9 Å². The number of rotatable bonds is 33. The van der Waals surface area contributed by atoms with E-state index in [1.54, 1.807) is 22.3 Å². The van der Waals surface area contributed by atoms with Gasteiger partial charge in [0.15, 0.2) is 0 Å². The van der Waals surface area contributed by atoms with Gasteiger partial charge in [-0.3, -0.25) is 0 Å². The lowest BCUT2D eigenvalue weighted by molar-refractivity contribution is 0.397. The third-order valence-electron chi connectivity index (χ3n) is 20.1. The van der Waals surface area contributed by atoms with E-state index in [0.29, 0.717) is 0 Å². The third kappa shape index (κ3) is 15.5. The standard InChI is InChI=1S/C47H57N.C37H51N/c1-5-7-9-11-13-17-31-47(32-18-14-12-10-8-6-2)45-33-36(3)21-29-43(45)44-30-25-40(35-46(44)47)38-22-26-41(27-23-38)48(4)42-28-24-37-19-15-16-20-39(37)34-42;1-5-7-9-11-13-18-26-37(27-19-14-12-10-8-6-2)35-28-30(3)22-24-33(35)34-25-23-32(29-36(34)37)38(4)31-20-16-15-17-21-31/h15-16,19-30,33-35H,5-14,17-18,31-32H2,1-4H3;15-17,20-25,28-29H,5-14,18-19,26-27H2,1-4H3. The zero-order chi connectivity index (χ0) is 60.1. The van der Waals surface area contributed by atoms with Crippen molar-refractivity contribution in [1.82, 2.24) is 0 Å². The van der Waals surface area contributed by atoms with Crippen molar-refractivity contribution in [3.63, 3.8) is 0 Å². The highest BCUT2D eigenvalue weighted by Crippen LogP contribution is 2.57. The summed E-state index contributed by atoms with van der Waals surface area (Å²) in [4.78, 5) is 4.65. The second kappa shape index (κ2) is 32.0. The van der Waals surface area contributed by atoms with E-state index < -0.39 is 0 Å². The Morgan fingerprint density at radius 3 is 1.08 bits per heavy atom. The Balaban J connectivity index is 0.000000211. The summed E-state index contributed by atoms with van der Waals surface area (Å²) in [5.41, 5.74) is 22.9. The number of nitrogens with zero attached hydrogens (tertiary/aromatic N) is 2. The van der Waals surface area contributed by atoms with Crippen molar-refractivity contribution in [1.29, 1.82) is 0 Å². The monoisotopic (exact) mass is 1140 g/mol. The zero-order valence-corrected chi connectivity index (χ0v) is 54.9. The van der Waals surface area contributed by atoms with E-state index >= 15 is 0 Å². The molecular weight excluding hydrogens is 1040 g/mol. The number of hydrogen-bond acceptors (Lipinski definition) is 2. The number of para-hydroxylation sites is 1. The first-order chi connectivity index (χ1) is 42.1. The predicted molar refractivity (Wildman–Crippen MR) is 379 cm³/mol. The molecule has 0 unspecified atom stereocenters. The summed E-state index contributed by atoms with van der Waals surface area (Å²) in [6, 6.07) is 64.6. The SMILES string of the molecule is CCCCCCCCC1(CCCCCCCC)c2cc(C)ccc2-c2ccc(-c3ccc(N(C)c4ccc5ccccc5c4)cc3)cc21.CCCCCCCCC1(CCCCCCCC)c2cc(C)ccc2-c2ccc(N(C)c3ccccc3)cc21. The van der Waals surface area contributed by atoms with Crippen LogP contribution in [0.4, 0.5) is 22.7 Å². The molecule has 454 valence electrons. The molecule has 2 nitrogen and oxygen atoms in total. The molecule has 0 spiro atoms. The lowest BCUT2D eigenvalue weighted by Crippen LogP contribution is -2.26. The molecular formula is C84H108N2. The number of aryl methyl sites for hydroxylation is 2. The molecule has 2 aliphatic carbocycles. The summed E-state index contributed by atoms with van der Waals surface area (Å²) in [7, 11) is 4.39. The molecule has 0 atom stereocenters. The van der Waals surface area contributed by atoms with Crippen LogP contribution in [0.2, 0.25) is 0 Å². The summed E-state index contributed by atoms with van der Waals surface area (Å²) in [6.45, 7) is 13.8. The second-order valence-electron chi connectivity index (χ2n) is 26.4. The van der Waals surface area contributed by atoms with E-state index in [1.807, 2.05) is 0 Å². The number of unbranched alkanes of at least 4 members (excludes halogenated alkanes) is 20. The highest BCUT2D eigenvalue weighted by atomic mass is 15.1. The molecule has 2 aliphatic rings. The van der Waals surface area contributed by atoms with Gasteiger partial charge >= 0.3 is 0 Å². The van der Waals surface area contributed by atoms with Crippen molar-refractivity contribution in [3.05, 3.63) is 203 Å². The van der Waals surface area contributed by atoms with E-state index in [4.69, 9.17) is 0 Å². The molecule has 0 heterocycles. The highest BCUT2D eigenvalue weighted by Gasteiger charge is 2.44. The van der Waals surface area contributed by atoms with Gasteiger partial charge in [-0.15, -0.1) is 0 Å². The Morgan fingerprint density at radius 2 is 0.605 bits per heavy atom. The van der Waals surface area contributed by atoms with Gasteiger partial charge in [0.25, 0.3) is 0 Å². The van der Waals surface area contributed by atoms with E-state index in [9.17, 15) is 0 Å². The smallest absolute Gasteiger partial charge is 0.0414 e. The van der Waals surface area contributed by atoms with Crippen LogP contribution in [0.1, 0.15) is 241 Å². The molecule has 8 aromatic carbocycles. The Kier molecular flexibility index (Phi) is 23.9. The molecule has 0 fully saturated rings. The summed E-state index contributed by atoms with van der Waals surface area (Å²) in [6.07, 6.45) is 37.5. The van der Waals surface area contributed by atoms with Crippen molar-refractivity contribution < 1.29 is 0 Å². The number of fused-ring (bicyclic) bond motifs is 7. The molecule has 86 heavy (non-hydrogen) atoms. The molecule has 2 heteroatoms. The van der Waals surface area contributed by atoms with E-state index in [1.165, 1.54) is 258 Å². The average Bonchev–Trinajstić information content (AvgIpc) is 1.66. The molecule has 0 bridgehead atoms. The Bertz CT molecular complexity index is 3310. The van der Waals surface area contributed by atoms with Crippen LogP contribution in [-0.4, -0.2) is 14.1 Å². The highest BCUT2D eigenvalue weighted by molar-refractivity contribution is 5.88. The summed E-state index contributed by atoms with van der Waals surface area (Å²) in [5.74, 6) is 0. The van der Waals surface area contributed by atoms with Gasteiger partial charge in [-0.2, -0.15) is 0 Å². The molecule has 0 N–H and O–H groups in total. The molecule has 0 saturated carbocycles. The summed E-state index contributed by atoms with van der Waals surface area (Å²) < 4.78 is 0. The minimum Gasteiger partial charge on any atom is -0.345 e. The van der Waals surface area contributed by atoms with Crippen LogP contribution in [0, 0.1) is 13.8 Å². The second-order valence-corrected chi connectivity index (χ2v) is 26.4. The first kappa shape index (κ1) is 64.1. The van der Waals surface area contributed by atoms with Crippen LogP contribution < -0.4 is 9.80 Å². The van der Waals surface area contributed by atoms with Crippen LogP contribution in [0.3, 0.4) is 0 Å². The van der Waals surface area contributed by atoms with Gasteiger partial charge in [-0.25, -0.2) is 0 Å². The van der Waals surface area contributed by atoms with Crippen molar-refractivity contribution in [3.8, 4) is 33.4 Å². The summed E-state index contributed by atoms with van der Waals surface area (Å²) in [5, 5.41) is 2.56. The van der Waals surface area contributed by atoms with Crippen LogP contribution in [-0.2, 0) is 10.8 Å². The maximum Gasteiger partial charge on any atom is 0.0414 e. The third-order valence-corrected chi connectivity index (χ3v) is 20.1. The van der Waals surface area contributed by atoms with E-state index in [2.05, 4.69) is 235 Å². The first-order valence-corrected chi connectivity index (χ1v) is 34.8. The minimum atomic E-state index is 0.110. The fraction of sp³-hybridized carbons (Fsp3) is 0.452. The fourth-order valence-corrected chi connectivity index (χ4v) is 15.0. The average molecular weight is 1150 g/mol. The van der Waals surface area contributed by atoms with Crippen molar-refractivity contribution in [2.45, 2.75) is 232 Å². The van der Waals surface area contributed by atoms with Gasteiger partial charge in [0.2, 0.25) is 0 Å². The Hall–Kier alpha value is -6.38. The normalized spacial score (nSPS) is 13.2. The minimum absolute atomic E-state index is 0.110. The summed E-state index contributed by atoms with van der Waals surface area (Å²) >= 11 is 0. The molecule has 0 radical (unpaired) electrons. The first-order valence-electron chi connectivity index (χ1n) is 34.8. The van der Waals surface area contributed by atoms with Crippen LogP contribution >= 0.6 is 0 Å². The fourth-order valence-electron chi connectivity index (χ4n) is 15.0. The number of hydrogen-bond donors (Lipinski definition) is 0. The van der Waals surface area contributed by atoms with Gasteiger partial charge in [0.05, 0.1) is 0 Å². The predicted octanol–water partition coefficient (Wildman–Crippen LogP) is 25.9. The molecule has 10 rings (SSSR count). The molecule has 0 aromatic heterocycles. The molecule has 0 saturated heterocycles. The number of benzene rings is 8. The van der Waals surface area contributed by atoms with Gasteiger partial charge in [0, 0.05) is 47.7 Å². The molecule has 8 aromatic rings. The maximum absolute atomic E-state index is 2.58. The lowest BCUT2D eigenvalue weighted by Gasteiger charge is -2.34. The van der Waals surface area contributed by atoms with E-state index in [-0.39, 0.29) is 10.8 Å². The van der Waals surface area contributed by atoms with Crippen molar-refractivity contribution in [2.24, 2.45) is 0 Å². The van der Waals surface area contributed by atoms with Gasteiger partial charge in [-0.1, -0.05) is 308 Å². The van der Waals surface area contributed by atoms with Gasteiger partial charge in [-0.05, 0) is 161 Å². The van der Waals surface area contributed by atoms with Crippen LogP contribution in [0.25, 0.3) is 44.2 Å². The number of anilines is 4.